The van der Waals surface area contributed by atoms with Gasteiger partial charge in [-0.3, -0.25) is 4.79 Å². The number of aliphatic hydroxyl groups is 1. The number of carbonyl (C=O) groups is 1. The zero-order chi connectivity index (χ0) is 12.7. The van der Waals surface area contributed by atoms with Crippen molar-refractivity contribution in [2.75, 3.05) is 11.9 Å². The Balaban J connectivity index is 2.53. The van der Waals surface area contributed by atoms with Crippen LogP contribution < -0.4 is 5.32 Å². The Hall–Kier alpha value is -1.55. The molecule has 0 heterocycles. The first-order valence-electron chi connectivity index (χ1n) is 5.85. The van der Waals surface area contributed by atoms with Crippen LogP contribution in [0.3, 0.4) is 0 Å². The number of nitrogens with one attached hydrogen (secondary N) is 1. The van der Waals surface area contributed by atoms with Crippen molar-refractivity contribution in [3.63, 3.8) is 0 Å². The molecule has 0 saturated heterocycles. The first kappa shape index (κ1) is 13.5. The van der Waals surface area contributed by atoms with Crippen molar-refractivity contribution in [3.8, 4) is 0 Å². The van der Waals surface area contributed by atoms with Gasteiger partial charge in [-0.2, -0.15) is 0 Å². The van der Waals surface area contributed by atoms with Gasteiger partial charge in [-0.05, 0) is 18.1 Å². The highest BCUT2D eigenvalue weighted by atomic mass is 16.4. The summed E-state index contributed by atoms with van der Waals surface area (Å²) in [6, 6.07) is 7.88. The van der Waals surface area contributed by atoms with Crippen LogP contribution >= 0.6 is 0 Å². The van der Waals surface area contributed by atoms with Crippen molar-refractivity contribution in [1.82, 2.24) is 0 Å². The van der Waals surface area contributed by atoms with E-state index < -0.39 is 12.1 Å². The second-order valence-corrected chi connectivity index (χ2v) is 4.04. The van der Waals surface area contributed by atoms with Crippen molar-refractivity contribution >= 4 is 11.7 Å². The molecule has 0 saturated carbocycles. The van der Waals surface area contributed by atoms with E-state index in [0.717, 1.165) is 18.5 Å². The van der Waals surface area contributed by atoms with Crippen LogP contribution in [0.5, 0.6) is 0 Å². The van der Waals surface area contributed by atoms with Crippen molar-refractivity contribution in [2.24, 2.45) is 0 Å². The predicted molar refractivity (Wildman–Crippen MR) is 67.2 cm³/mol. The van der Waals surface area contributed by atoms with Gasteiger partial charge < -0.3 is 15.5 Å². The third kappa shape index (κ3) is 4.87. The number of carboxylic acid groups (broad SMARTS) is 1. The summed E-state index contributed by atoms with van der Waals surface area (Å²) in [5.74, 6) is -0.985. The van der Waals surface area contributed by atoms with Crippen LogP contribution in [0.1, 0.15) is 25.3 Å². The molecular formula is C13H19NO3. The molecule has 0 fully saturated rings. The molecule has 17 heavy (non-hydrogen) atoms. The number of aliphatic hydroxyl groups excluding tert-OH is 1. The molecule has 0 aliphatic heterocycles. The zero-order valence-corrected chi connectivity index (χ0v) is 10.0. The van der Waals surface area contributed by atoms with Crippen molar-refractivity contribution < 1.29 is 15.0 Å². The standard InChI is InChI=1S/C13H19NO3/c1-2-5-10-6-3-4-7-12(10)14-9-11(15)8-13(16)17/h3-4,6-7,11,14-15H,2,5,8-9H2,1H3,(H,16,17). The maximum Gasteiger partial charge on any atom is 0.306 e. The van der Waals surface area contributed by atoms with E-state index >= 15 is 0 Å². The van der Waals surface area contributed by atoms with E-state index in [1.54, 1.807) is 0 Å². The molecule has 1 aromatic carbocycles. The fraction of sp³-hybridized carbons (Fsp3) is 0.462. The maximum absolute atomic E-state index is 10.4. The minimum atomic E-state index is -0.985. The smallest absolute Gasteiger partial charge is 0.306 e. The highest BCUT2D eigenvalue weighted by Crippen LogP contribution is 2.16. The number of hydrogen-bond donors (Lipinski definition) is 3. The third-order valence-corrected chi connectivity index (χ3v) is 2.48. The average molecular weight is 237 g/mol. The van der Waals surface area contributed by atoms with Crippen LogP contribution in [0.2, 0.25) is 0 Å². The van der Waals surface area contributed by atoms with Crippen LogP contribution in [0.25, 0.3) is 0 Å². The van der Waals surface area contributed by atoms with E-state index in [9.17, 15) is 9.90 Å². The van der Waals surface area contributed by atoms with E-state index in [-0.39, 0.29) is 13.0 Å². The van der Waals surface area contributed by atoms with Gasteiger partial charge in [0.2, 0.25) is 0 Å². The predicted octanol–water partition coefficient (Wildman–Crippen LogP) is 1.89. The van der Waals surface area contributed by atoms with E-state index in [1.165, 1.54) is 5.56 Å². The van der Waals surface area contributed by atoms with Crippen LogP contribution in [0.15, 0.2) is 24.3 Å². The van der Waals surface area contributed by atoms with E-state index in [4.69, 9.17) is 5.11 Å². The van der Waals surface area contributed by atoms with Gasteiger partial charge in [-0.15, -0.1) is 0 Å². The summed E-state index contributed by atoms with van der Waals surface area (Å²) in [5, 5.41) is 21.1. The Morgan fingerprint density at radius 2 is 2.12 bits per heavy atom. The van der Waals surface area contributed by atoms with Gasteiger partial charge in [-0.25, -0.2) is 0 Å². The van der Waals surface area contributed by atoms with Crippen LogP contribution in [0, 0.1) is 0 Å². The summed E-state index contributed by atoms with van der Waals surface area (Å²) < 4.78 is 0. The molecule has 0 spiro atoms. The Bertz CT molecular complexity index is 365. The Morgan fingerprint density at radius 3 is 2.76 bits per heavy atom. The van der Waals surface area contributed by atoms with E-state index in [1.807, 2.05) is 24.3 Å². The summed E-state index contributed by atoms with van der Waals surface area (Å²) >= 11 is 0. The Kier molecular flexibility index (Phi) is 5.49. The number of aryl methyl sites for hydroxylation is 1. The maximum atomic E-state index is 10.4. The summed E-state index contributed by atoms with van der Waals surface area (Å²) in [6.45, 7) is 2.36. The zero-order valence-electron chi connectivity index (χ0n) is 10.0. The summed E-state index contributed by atoms with van der Waals surface area (Å²) in [4.78, 5) is 10.4. The van der Waals surface area contributed by atoms with Crippen LogP contribution in [-0.2, 0) is 11.2 Å². The fourth-order valence-corrected chi connectivity index (χ4v) is 1.68. The summed E-state index contributed by atoms with van der Waals surface area (Å²) in [5.41, 5.74) is 2.16. The number of para-hydroxylation sites is 1. The molecule has 1 aromatic rings. The number of hydrogen-bond acceptors (Lipinski definition) is 3. The molecule has 3 N–H and O–H groups in total. The number of rotatable bonds is 7. The minimum absolute atomic E-state index is 0.233. The van der Waals surface area contributed by atoms with Gasteiger partial charge in [0.1, 0.15) is 0 Å². The van der Waals surface area contributed by atoms with Gasteiger partial charge in [-0.1, -0.05) is 31.5 Å². The topological polar surface area (TPSA) is 69.6 Å². The van der Waals surface area contributed by atoms with Gasteiger partial charge in [0.15, 0.2) is 0 Å². The molecule has 1 unspecified atom stereocenters. The van der Waals surface area contributed by atoms with E-state index in [0.29, 0.717) is 0 Å². The van der Waals surface area contributed by atoms with Gasteiger partial charge in [0, 0.05) is 12.2 Å². The first-order chi connectivity index (χ1) is 8.13. The van der Waals surface area contributed by atoms with Gasteiger partial charge >= 0.3 is 5.97 Å². The molecule has 0 aliphatic rings. The molecule has 1 atom stereocenters. The number of benzene rings is 1. The van der Waals surface area contributed by atoms with Gasteiger partial charge in [0.05, 0.1) is 12.5 Å². The number of anilines is 1. The largest absolute Gasteiger partial charge is 0.481 e. The molecule has 94 valence electrons. The quantitative estimate of drug-likeness (QED) is 0.677. The Morgan fingerprint density at radius 1 is 1.41 bits per heavy atom. The fourth-order valence-electron chi connectivity index (χ4n) is 1.68. The number of aliphatic carboxylic acids is 1. The normalized spacial score (nSPS) is 12.1. The molecule has 0 radical (unpaired) electrons. The highest BCUT2D eigenvalue weighted by Gasteiger charge is 2.09. The second-order valence-electron chi connectivity index (χ2n) is 4.04. The lowest BCUT2D eigenvalue weighted by Gasteiger charge is -2.14. The van der Waals surface area contributed by atoms with E-state index in [2.05, 4.69) is 12.2 Å². The summed E-state index contributed by atoms with van der Waals surface area (Å²) in [7, 11) is 0. The molecule has 4 nitrogen and oxygen atoms in total. The second kappa shape index (κ2) is 6.91. The lowest BCUT2D eigenvalue weighted by molar-refractivity contribution is -0.138. The first-order valence-corrected chi connectivity index (χ1v) is 5.85. The molecule has 1 rings (SSSR count). The lowest BCUT2D eigenvalue weighted by atomic mass is 10.1. The van der Waals surface area contributed by atoms with Crippen LogP contribution in [-0.4, -0.2) is 28.8 Å². The molecular weight excluding hydrogens is 218 g/mol. The molecule has 0 bridgehead atoms. The monoisotopic (exact) mass is 237 g/mol. The Labute approximate surface area is 101 Å². The molecule has 0 aromatic heterocycles. The SMILES string of the molecule is CCCc1ccccc1NCC(O)CC(=O)O. The number of carboxylic acids is 1. The minimum Gasteiger partial charge on any atom is -0.481 e. The average Bonchev–Trinajstić information content (AvgIpc) is 2.27. The highest BCUT2D eigenvalue weighted by molar-refractivity contribution is 5.67. The van der Waals surface area contributed by atoms with Crippen molar-refractivity contribution in [3.05, 3.63) is 29.8 Å². The molecule has 0 aliphatic carbocycles. The van der Waals surface area contributed by atoms with Crippen molar-refractivity contribution in [2.45, 2.75) is 32.3 Å². The molecule has 4 heteroatoms. The molecule has 0 amide bonds. The summed E-state index contributed by atoms with van der Waals surface area (Å²) in [6.07, 6.45) is 0.930. The van der Waals surface area contributed by atoms with Crippen LogP contribution in [0.4, 0.5) is 5.69 Å². The van der Waals surface area contributed by atoms with Crippen molar-refractivity contribution in [1.29, 1.82) is 0 Å². The van der Waals surface area contributed by atoms with Gasteiger partial charge in [0.25, 0.3) is 0 Å². The third-order valence-electron chi connectivity index (χ3n) is 2.48. The lowest BCUT2D eigenvalue weighted by Crippen LogP contribution is -2.23.